The number of amides is 1. The third-order valence-corrected chi connectivity index (χ3v) is 6.23. The van der Waals surface area contributed by atoms with Crippen molar-refractivity contribution < 1.29 is 13.6 Å². The second-order valence-electron chi connectivity index (χ2n) is 6.61. The van der Waals surface area contributed by atoms with Gasteiger partial charge in [0.05, 0.1) is 10.2 Å². The summed E-state index contributed by atoms with van der Waals surface area (Å²) in [6.45, 7) is 3.51. The van der Waals surface area contributed by atoms with Crippen molar-refractivity contribution in [3.8, 4) is 0 Å². The SMILES string of the molecule is Cc1ccc(CNCC2(F)CCN(C(=O)c3cc(Br)c(Br)o3)CC2)nc1. The van der Waals surface area contributed by atoms with E-state index in [4.69, 9.17) is 4.42 Å². The van der Waals surface area contributed by atoms with E-state index >= 15 is 0 Å². The number of nitrogens with zero attached hydrogens (tertiary/aromatic N) is 2. The lowest BCUT2D eigenvalue weighted by molar-refractivity contribution is 0.0411. The van der Waals surface area contributed by atoms with Crippen LogP contribution in [0.1, 0.15) is 34.7 Å². The number of alkyl halides is 1. The molecule has 1 amide bonds. The monoisotopic (exact) mass is 487 g/mol. The van der Waals surface area contributed by atoms with Crippen molar-refractivity contribution >= 4 is 37.8 Å². The van der Waals surface area contributed by atoms with Gasteiger partial charge < -0.3 is 14.6 Å². The van der Waals surface area contributed by atoms with Gasteiger partial charge in [-0.05, 0) is 50.4 Å². The largest absolute Gasteiger partial charge is 0.443 e. The fraction of sp³-hybridized carbons (Fsp3) is 0.444. The molecule has 140 valence electrons. The number of carbonyl (C=O) groups excluding carboxylic acids is 1. The van der Waals surface area contributed by atoms with Crippen molar-refractivity contribution in [1.82, 2.24) is 15.2 Å². The molecule has 3 heterocycles. The van der Waals surface area contributed by atoms with Crippen LogP contribution < -0.4 is 5.32 Å². The summed E-state index contributed by atoms with van der Waals surface area (Å²) in [5, 5.41) is 3.15. The average Bonchev–Trinajstić information content (AvgIpc) is 2.96. The second kappa shape index (κ2) is 8.19. The minimum absolute atomic E-state index is 0.213. The summed E-state index contributed by atoms with van der Waals surface area (Å²) in [6, 6.07) is 5.55. The van der Waals surface area contributed by atoms with Crippen molar-refractivity contribution in [2.75, 3.05) is 19.6 Å². The van der Waals surface area contributed by atoms with Gasteiger partial charge in [-0.15, -0.1) is 0 Å². The van der Waals surface area contributed by atoms with E-state index in [0.717, 1.165) is 11.3 Å². The highest BCUT2D eigenvalue weighted by Crippen LogP contribution is 2.30. The molecule has 0 spiro atoms. The number of aromatic nitrogens is 1. The first-order valence-electron chi connectivity index (χ1n) is 8.42. The molecule has 0 aliphatic carbocycles. The van der Waals surface area contributed by atoms with Gasteiger partial charge in [0.1, 0.15) is 5.67 Å². The van der Waals surface area contributed by atoms with E-state index in [0.29, 0.717) is 41.6 Å². The molecule has 8 heteroatoms. The Morgan fingerprint density at radius 3 is 2.69 bits per heavy atom. The van der Waals surface area contributed by atoms with Crippen LogP contribution in [0.25, 0.3) is 0 Å². The normalized spacial score (nSPS) is 16.7. The van der Waals surface area contributed by atoms with Gasteiger partial charge in [0.2, 0.25) is 0 Å². The van der Waals surface area contributed by atoms with Gasteiger partial charge in [-0.1, -0.05) is 6.07 Å². The average molecular weight is 489 g/mol. The molecule has 0 saturated carbocycles. The molecule has 0 radical (unpaired) electrons. The quantitative estimate of drug-likeness (QED) is 0.683. The predicted octanol–water partition coefficient (Wildman–Crippen LogP) is 4.24. The molecule has 0 aromatic carbocycles. The highest BCUT2D eigenvalue weighted by molar-refractivity contribution is 9.13. The Morgan fingerprint density at radius 1 is 1.38 bits per heavy atom. The van der Waals surface area contributed by atoms with Gasteiger partial charge >= 0.3 is 0 Å². The molecule has 0 atom stereocenters. The van der Waals surface area contributed by atoms with E-state index in [1.807, 2.05) is 19.1 Å². The topological polar surface area (TPSA) is 58.4 Å². The van der Waals surface area contributed by atoms with Crippen LogP contribution in [0, 0.1) is 6.92 Å². The second-order valence-corrected chi connectivity index (χ2v) is 8.18. The zero-order valence-electron chi connectivity index (χ0n) is 14.4. The summed E-state index contributed by atoms with van der Waals surface area (Å²) in [5.41, 5.74) is 0.676. The van der Waals surface area contributed by atoms with Gasteiger partial charge in [-0.25, -0.2) is 4.39 Å². The summed E-state index contributed by atoms with van der Waals surface area (Å²) < 4.78 is 21.5. The van der Waals surface area contributed by atoms with Crippen LogP contribution in [-0.2, 0) is 6.54 Å². The zero-order chi connectivity index (χ0) is 18.7. The first kappa shape index (κ1) is 19.5. The number of aryl methyl sites for hydroxylation is 1. The number of hydrogen-bond donors (Lipinski definition) is 1. The number of furan rings is 1. The molecule has 1 aliphatic rings. The smallest absolute Gasteiger partial charge is 0.289 e. The number of pyridine rings is 1. The van der Waals surface area contributed by atoms with E-state index in [-0.39, 0.29) is 18.2 Å². The number of rotatable bonds is 5. The van der Waals surface area contributed by atoms with Crippen molar-refractivity contribution in [3.05, 3.63) is 50.6 Å². The van der Waals surface area contributed by atoms with Gasteiger partial charge in [-0.2, -0.15) is 0 Å². The summed E-state index contributed by atoms with van der Waals surface area (Å²) in [6.07, 6.45) is 2.41. The van der Waals surface area contributed by atoms with Crippen molar-refractivity contribution in [1.29, 1.82) is 0 Å². The summed E-state index contributed by atoms with van der Waals surface area (Å²) in [7, 11) is 0. The van der Waals surface area contributed by atoms with Gasteiger partial charge in [0.25, 0.3) is 5.91 Å². The van der Waals surface area contributed by atoms with E-state index in [9.17, 15) is 9.18 Å². The number of piperidine rings is 1. The van der Waals surface area contributed by atoms with E-state index < -0.39 is 5.67 Å². The molecule has 0 unspecified atom stereocenters. The molecule has 0 bridgehead atoms. The Labute approximate surface area is 168 Å². The molecule has 3 rings (SSSR count). The van der Waals surface area contributed by atoms with Crippen LogP contribution in [0.3, 0.4) is 0 Å². The Balaban J connectivity index is 1.48. The van der Waals surface area contributed by atoms with Crippen LogP contribution in [0.4, 0.5) is 4.39 Å². The van der Waals surface area contributed by atoms with E-state index in [1.165, 1.54) is 0 Å². The number of halogens is 3. The van der Waals surface area contributed by atoms with Crippen LogP contribution in [0.2, 0.25) is 0 Å². The Morgan fingerprint density at radius 2 is 2.12 bits per heavy atom. The van der Waals surface area contributed by atoms with Crippen molar-refractivity contribution in [3.63, 3.8) is 0 Å². The molecule has 1 N–H and O–H groups in total. The Hall–Kier alpha value is -1.25. The van der Waals surface area contributed by atoms with E-state index in [2.05, 4.69) is 42.2 Å². The Bertz CT molecular complexity index is 752. The fourth-order valence-electron chi connectivity index (χ4n) is 2.91. The third kappa shape index (κ3) is 4.72. The highest BCUT2D eigenvalue weighted by atomic mass is 79.9. The van der Waals surface area contributed by atoms with Crippen LogP contribution in [0.15, 0.2) is 38.0 Å². The minimum Gasteiger partial charge on any atom is -0.443 e. The first-order valence-corrected chi connectivity index (χ1v) is 10.0. The maximum atomic E-state index is 15.0. The number of carbonyl (C=O) groups is 1. The van der Waals surface area contributed by atoms with Gasteiger partial charge in [0, 0.05) is 51.3 Å². The standard InChI is InChI=1S/C18H20Br2FN3O2/c1-12-2-3-13(23-9-12)10-22-11-18(21)4-6-24(7-5-18)17(25)15-8-14(19)16(20)26-15/h2-3,8-9,22H,4-7,10-11H2,1H3. The molecule has 26 heavy (non-hydrogen) atoms. The fourth-order valence-corrected chi connectivity index (χ4v) is 3.49. The number of likely N-dealkylation sites (tertiary alicyclic amines) is 1. The maximum absolute atomic E-state index is 15.0. The minimum atomic E-state index is -1.31. The molecule has 5 nitrogen and oxygen atoms in total. The van der Waals surface area contributed by atoms with Crippen molar-refractivity contribution in [2.24, 2.45) is 0 Å². The summed E-state index contributed by atoms with van der Waals surface area (Å²) in [4.78, 5) is 18.4. The molecule has 2 aromatic rings. The van der Waals surface area contributed by atoms with Gasteiger partial charge in [0.15, 0.2) is 10.4 Å². The summed E-state index contributed by atoms with van der Waals surface area (Å²) in [5.74, 6) is 0.0361. The lowest BCUT2D eigenvalue weighted by Gasteiger charge is -2.36. The van der Waals surface area contributed by atoms with Crippen LogP contribution in [-0.4, -0.2) is 41.1 Å². The zero-order valence-corrected chi connectivity index (χ0v) is 17.6. The molecule has 1 aliphatic heterocycles. The third-order valence-electron chi connectivity index (χ3n) is 4.52. The maximum Gasteiger partial charge on any atom is 0.289 e. The highest BCUT2D eigenvalue weighted by Gasteiger charge is 2.36. The first-order chi connectivity index (χ1) is 12.4. The Kier molecular flexibility index (Phi) is 6.14. The molecule has 1 saturated heterocycles. The predicted molar refractivity (Wildman–Crippen MR) is 104 cm³/mol. The summed E-state index contributed by atoms with van der Waals surface area (Å²) >= 11 is 6.51. The molecule has 1 fully saturated rings. The molecule has 2 aromatic heterocycles. The molecular weight excluding hydrogens is 469 g/mol. The van der Waals surface area contributed by atoms with Crippen molar-refractivity contribution in [2.45, 2.75) is 32.0 Å². The van der Waals surface area contributed by atoms with E-state index in [1.54, 1.807) is 17.2 Å². The lowest BCUT2D eigenvalue weighted by atomic mass is 9.93. The van der Waals surface area contributed by atoms with Gasteiger partial charge in [-0.3, -0.25) is 9.78 Å². The number of nitrogens with one attached hydrogen (secondary N) is 1. The van der Waals surface area contributed by atoms with Crippen LogP contribution >= 0.6 is 31.9 Å². The lowest BCUT2D eigenvalue weighted by Crippen LogP contribution is -2.48. The molecular formula is C18H20Br2FN3O2. The van der Waals surface area contributed by atoms with Crippen LogP contribution in [0.5, 0.6) is 0 Å². The number of hydrogen-bond acceptors (Lipinski definition) is 4.